The molecule has 5 rings (SSSR count). The maximum absolute atomic E-state index is 13.4. The molecular weight excluding hydrogens is 513 g/mol. The maximum Gasteiger partial charge on any atom is 0.416 e. The summed E-state index contributed by atoms with van der Waals surface area (Å²) in [4.78, 5) is 37.9. The smallest absolute Gasteiger partial charge is 0.322 e. The number of aromatic nitrogens is 4. The number of amides is 3. The van der Waals surface area contributed by atoms with E-state index in [1.807, 2.05) is 6.92 Å². The van der Waals surface area contributed by atoms with Gasteiger partial charge in [0.15, 0.2) is 0 Å². The van der Waals surface area contributed by atoms with E-state index >= 15 is 0 Å². The highest BCUT2D eigenvalue weighted by Crippen LogP contribution is 2.34. The number of nitrogens with zero attached hydrogens (tertiary/aromatic N) is 6. The molecule has 4 aromatic rings. The van der Waals surface area contributed by atoms with Crippen molar-refractivity contribution in [1.29, 1.82) is 0 Å². The number of aryl methyl sites for hydroxylation is 2. The summed E-state index contributed by atoms with van der Waals surface area (Å²) in [6.45, 7) is 1.99. The van der Waals surface area contributed by atoms with Gasteiger partial charge in [-0.25, -0.2) is 9.78 Å². The first-order valence-corrected chi connectivity index (χ1v) is 11.8. The van der Waals surface area contributed by atoms with Gasteiger partial charge in [-0.15, -0.1) is 0 Å². The molecule has 0 saturated heterocycles. The number of fused-ring (bicyclic) bond motifs is 1. The van der Waals surface area contributed by atoms with Crippen LogP contribution in [0.4, 0.5) is 46.9 Å². The van der Waals surface area contributed by atoms with Crippen molar-refractivity contribution in [1.82, 2.24) is 19.7 Å². The lowest BCUT2D eigenvalue weighted by molar-refractivity contribution is -0.137. The molecule has 0 fully saturated rings. The summed E-state index contributed by atoms with van der Waals surface area (Å²) in [6.07, 6.45) is -1.30. The van der Waals surface area contributed by atoms with Gasteiger partial charge in [0.2, 0.25) is 5.95 Å². The number of carbonyl (C=O) groups is 2. The van der Waals surface area contributed by atoms with Crippen LogP contribution in [0.1, 0.15) is 27.0 Å². The van der Waals surface area contributed by atoms with E-state index in [9.17, 15) is 22.8 Å². The minimum atomic E-state index is -4.57. The van der Waals surface area contributed by atoms with Gasteiger partial charge in [0, 0.05) is 43.2 Å². The number of benzene rings is 2. The SMILES string of the molecule is Cc1ccc(NC(=O)c2cccc(C(F)(F)F)c2)cc1N1Cc2cnc(Nc3ccnn3C)nc2N(C)C1=O. The minimum Gasteiger partial charge on any atom is -0.322 e. The largest absolute Gasteiger partial charge is 0.416 e. The van der Waals surface area contributed by atoms with Crippen LogP contribution in [0.25, 0.3) is 0 Å². The Morgan fingerprint density at radius 1 is 1.08 bits per heavy atom. The van der Waals surface area contributed by atoms with Crippen LogP contribution >= 0.6 is 0 Å². The summed E-state index contributed by atoms with van der Waals surface area (Å²) in [6, 6.07) is 10.5. The van der Waals surface area contributed by atoms with Crippen molar-refractivity contribution >= 4 is 40.9 Å². The maximum atomic E-state index is 13.4. The van der Waals surface area contributed by atoms with Crippen LogP contribution in [0.2, 0.25) is 0 Å². The molecule has 1 aliphatic heterocycles. The van der Waals surface area contributed by atoms with Gasteiger partial charge in [0.05, 0.1) is 24.0 Å². The Labute approximate surface area is 221 Å². The number of carbonyl (C=O) groups excluding carboxylic acids is 2. The van der Waals surface area contributed by atoms with E-state index in [0.717, 1.165) is 17.7 Å². The fourth-order valence-electron chi connectivity index (χ4n) is 4.19. The number of urea groups is 1. The quantitative estimate of drug-likeness (QED) is 0.367. The van der Waals surface area contributed by atoms with E-state index in [0.29, 0.717) is 34.5 Å². The second kappa shape index (κ2) is 9.74. The van der Waals surface area contributed by atoms with Crippen molar-refractivity contribution in [3.8, 4) is 0 Å². The van der Waals surface area contributed by atoms with E-state index < -0.39 is 17.6 Å². The zero-order valence-electron chi connectivity index (χ0n) is 21.1. The van der Waals surface area contributed by atoms with Gasteiger partial charge >= 0.3 is 12.2 Å². The van der Waals surface area contributed by atoms with Gasteiger partial charge < -0.3 is 10.6 Å². The first-order valence-electron chi connectivity index (χ1n) is 11.8. The summed E-state index contributed by atoms with van der Waals surface area (Å²) in [5.74, 6) is 0.731. The minimum absolute atomic E-state index is 0.137. The van der Waals surface area contributed by atoms with Crippen LogP contribution in [-0.4, -0.2) is 38.7 Å². The lowest BCUT2D eigenvalue weighted by Gasteiger charge is -2.35. The summed E-state index contributed by atoms with van der Waals surface area (Å²) >= 11 is 0. The molecule has 0 aliphatic carbocycles. The number of anilines is 5. The Bertz CT molecular complexity index is 1580. The molecule has 39 heavy (non-hydrogen) atoms. The number of alkyl halides is 3. The summed E-state index contributed by atoms with van der Waals surface area (Å²) in [5.41, 5.74) is 1.25. The first-order chi connectivity index (χ1) is 18.5. The molecule has 0 spiro atoms. The van der Waals surface area contributed by atoms with Crippen LogP contribution in [0, 0.1) is 6.92 Å². The van der Waals surface area contributed by atoms with Crippen molar-refractivity contribution in [2.75, 3.05) is 27.5 Å². The monoisotopic (exact) mass is 536 g/mol. The van der Waals surface area contributed by atoms with Gasteiger partial charge in [0.25, 0.3) is 5.91 Å². The fraction of sp³-hybridized carbons (Fsp3) is 0.192. The third kappa shape index (κ3) is 5.10. The van der Waals surface area contributed by atoms with E-state index in [2.05, 4.69) is 25.7 Å². The summed E-state index contributed by atoms with van der Waals surface area (Å²) < 4.78 is 40.8. The van der Waals surface area contributed by atoms with E-state index in [-0.39, 0.29) is 18.1 Å². The highest BCUT2D eigenvalue weighted by molar-refractivity contribution is 6.07. The van der Waals surface area contributed by atoms with Crippen molar-refractivity contribution in [3.63, 3.8) is 0 Å². The molecule has 13 heteroatoms. The Kier molecular flexibility index (Phi) is 6.42. The van der Waals surface area contributed by atoms with Crippen LogP contribution in [0.3, 0.4) is 0 Å². The summed E-state index contributed by atoms with van der Waals surface area (Å²) in [7, 11) is 3.37. The fourth-order valence-corrected chi connectivity index (χ4v) is 4.19. The number of halogens is 3. The highest BCUT2D eigenvalue weighted by Gasteiger charge is 2.32. The van der Waals surface area contributed by atoms with Crippen LogP contribution in [0.5, 0.6) is 0 Å². The zero-order chi connectivity index (χ0) is 27.9. The van der Waals surface area contributed by atoms with Crippen molar-refractivity contribution in [2.24, 2.45) is 7.05 Å². The molecule has 3 heterocycles. The number of hydrogen-bond donors (Lipinski definition) is 2. The molecule has 2 aromatic carbocycles. The Hall–Kier alpha value is -4.94. The normalized spacial score (nSPS) is 13.3. The third-order valence-electron chi connectivity index (χ3n) is 6.28. The van der Waals surface area contributed by atoms with Gasteiger partial charge in [-0.05, 0) is 42.8 Å². The lowest BCUT2D eigenvalue weighted by atomic mass is 10.1. The van der Waals surface area contributed by atoms with Gasteiger partial charge in [-0.1, -0.05) is 12.1 Å². The molecule has 0 radical (unpaired) electrons. The number of rotatable bonds is 5. The van der Waals surface area contributed by atoms with Crippen molar-refractivity contribution in [2.45, 2.75) is 19.6 Å². The highest BCUT2D eigenvalue weighted by atomic mass is 19.4. The second-order valence-corrected chi connectivity index (χ2v) is 8.97. The Morgan fingerprint density at radius 2 is 1.87 bits per heavy atom. The molecular formula is C26H23F3N8O2. The third-order valence-corrected chi connectivity index (χ3v) is 6.28. The van der Waals surface area contributed by atoms with Crippen LogP contribution in [0.15, 0.2) is 60.9 Å². The molecule has 0 bridgehead atoms. The molecule has 0 saturated carbocycles. The number of nitrogens with one attached hydrogen (secondary N) is 2. The zero-order valence-corrected chi connectivity index (χ0v) is 21.1. The first kappa shape index (κ1) is 25.7. The molecule has 10 nitrogen and oxygen atoms in total. The molecule has 2 aromatic heterocycles. The molecule has 0 atom stereocenters. The number of hydrogen-bond acceptors (Lipinski definition) is 6. The van der Waals surface area contributed by atoms with E-state index in [1.165, 1.54) is 21.9 Å². The van der Waals surface area contributed by atoms with E-state index in [1.54, 1.807) is 55.4 Å². The molecule has 200 valence electrons. The topological polar surface area (TPSA) is 108 Å². The Morgan fingerprint density at radius 3 is 2.59 bits per heavy atom. The van der Waals surface area contributed by atoms with Crippen molar-refractivity contribution < 1.29 is 22.8 Å². The second-order valence-electron chi connectivity index (χ2n) is 8.97. The lowest BCUT2D eigenvalue weighted by Crippen LogP contribution is -2.46. The molecule has 1 aliphatic rings. The molecule has 3 amide bonds. The average molecular weight is 537 g/mol. The Balaban J connectivity index is 1.38. The predicted molar refractivity (Wildman–Crippen MR) is 139 cm³/mol. The van der Waals surface area contributed by atoms with Gasteiger partial charge in [-0.2, -0.15) is 23.3 Å². The van der Waals surface area contributed by atoms with Gasteiger partial charge in [-0.3, -0.25) is 19.3 Å². The van der Waals surface area contributed by atoms with Crippen molar-refractivity contribution in [3.05, 3.63) is 83.2 Å². The molecule has 0 unspecified atom stereocenters. The van der Waals surface area contributed by atoms with E-state index in [4.69, 9.17) is 0 Å². The van der Waals surface area contributed by atoms with Crippen LogP contribution in [-0.2, 0) is 19.8 Å². The summed E-state index contributed by atoms with van der Waals surface area (Å²) in [5, 5.41) is 9.78. The predicted octanol–water partition coefficient (Wildman–Crippen LogP) is 5.11. The van der Waals surface area contributed by atoms with Crippen LogP contribution < -0.4 is 20.4 Å². The van der Waals surface area contributed by atoms with Gasteiger partial charge in [0.1, 0.15) is 11.6 Å². The standard InChI is InChI=1S/C26H23F3N8O2/c1-15-7-8-19(32-23(38)16-5-4-6-18(11-16)26(27,28)29)12-20(15)37-14-17-13-30-24(33-21-9-10-31-36(21)3)34-22(17)35(2)25(37)39/h4-13H,14H2,1-3H3,(H,32,38)(H,30,33,34). The molecule has 2 N–H and O–H groups in total. The average Bonchev–Trinajstić information content (AvgIpc) is 3.31.